The van der Waals surface area contributed by atoms with Crippen molar-refractivity contribution in [3.8, 4) is 5.75 Å². The quantitative estimate of drug-likeness (QED) is 0.280. The van der Waals surface area contributed by atoms with Crippen LogP contribution in [0.25, 0.3) is 21.5 Å². The Balaban J connectivity index is 1.76. The zero-order chi connectivity index (χ0) is 22.8. The zero-order valence-electron chi connectivity index (χ0n) is 18.2. The first kappa shape index (κ1) is 21.0. The Morgan fingerprint density at radius 1 is 0.697 bits per heavy atom. The number of ether oxygens (including phenoxy) is 1. The van der Waals surface area contributed by atoms with Gasteiger partial charge in [0, 0.05) is 5.39 Å². The van der Waals surface area contributed by atoms with Gasteiger partial charge in [0.25, 0.3) is 10.0 Å². The van der Waals surface area contributed by atoms with Crippen LogP contribution < -0.4 is 9.04 Å². The predicted molar refractivity (Wildman–Crippen MR) is 134 cm³/mol. The number of benzene rings is 5. The van der Waals surface area contributed by atoms with Crippen LogP contribution in [-0.4, -0.2) is 15.5 Å². The number of nitrogens with zero attached hydrogens (tertiary/aromatic N) is 1. The summed E-state index contributed by atoms with van der Waals surface area (Å²) < 4.78 is 34.7. The van der Waals surface area contributed by atoms with Gasteiger partial charge in [-0.2, -0.15) is 0 Å². The van der Waals surface area contributed by atoms with Crippen LogP contribution >= 0.6 is 0 Å². The highest BCUT2D eigenvalue weighted by Crippen LogP contribution is 2.37. The summed E-state index contributed by atoms with van der Waals surface area (Å²) >= 11 is 0. The molecule has 0 unspecified atom stereocenters. The minimum Gasteiger partial charge on any atom is -0.497 e. The minimum atomic E-state index is -3.86. The van der Waals surface area contributed by atoms with Crippen molar-refractivity contribution >= 4 is 37.3 Å². The van der Waals surface area contributed by atoms with Crippen molar-refractivity contribution in [3.63, 3.8) is 0 Å². The van der Waals surface area contributed by atoms with E-state index in [1.807, 2.05) is 78.9 Å². The molecule has 5 aromatic carbocycles. The molecule has 5 heteroatoms. The maximum absolute atomic E-state index is 14.0. The summed E-state index contributed by atoms with van der Waals surface area (Å²) in [6.45, 7) is 0.220. The van der Waals surface area contributed by atoms with E-state index in [0.29, 0.717) is 11.4 Å². The fraction of sp³-hybridized carbons (Fsp3) is 0.0714. The van der Waals surface area contributed by atoms with Gasteiger partial charge >= 0.3 is 0 Å². The molecule has 0 bridgehead atoms. The van der Waals surface area contributed by atoms with Gasteiger partial charge in [-0.3, -0.25) is 4.31 Å². The average Bonchev–Trinajstić information content (AvgIpc) is 2.87. The lowest BCUT2D eigenvalue weighted by molar-refractivity contribution is 0.414. The molecule has 33 heavy (non-hydrogen) atoms. The highest BCUT2D eigenvalue weighted by molar-refractivity contribution is 7.92. The highest BCUT2D eigenvalue weighted by atomic mass is 32.2. The lowest BCUT2D eigenvalue weighted by atomic mass is 10.00. The van der Waals surface area contributed by atoms with E-state index < -0.39 is 10.0 Å². The summed E-state index contributed by atoms with van der Waals surface area (Å²) in [5.41, 5.74) is 1.57. The lowest BCUT2D eigenvalue weighted by Crippen LogP contribution is -2.30. The van der Waals surface area contributed by atoms with Crippen molar-refractivity contribution in [2.45, 2.75) is 11.4 Å². The van der Waals surface area contributed by atoms with Gasteiger partial charge in [0.1, 0.15) is 5.75 Å². The number of hydrogen-bond acceptors (Lipinski definition) is 3. The summed E-state index contributed by atoms with van der Waals surface area (Å²) in [6.07, 6.45) is 0. The van der Waals surface area contributed by atoms with E-state index in [1.165, 1.54) is 4.31 Å². The topological polar surface area (TPSA) is 46.6 Å². The number of hydrogen-bond donors (Lipinski definition) is 0. The minimum absolute atomic E-state index is 0.219. The summed E-state index contributed by atoms with van der Waals surface area (Å²) in [7, 11) is -2.30. The molecule has 4 nitrogen and oxygen atoms in total. The second kappa shape index (κ2) is 8.60. The van der Waals surface area contributed by atoms with Gasteiger partial charge in [-0.15, -0.1) is 0 Å². The molecular formula is C28H23NO3S. The van der Waals surface area contributed by atoms with Crippen LogP contribution in [-0.2, 0) is 16.6 Å². The standard InChI is InChI=1S/C28H23NO3S/c1-32-23-15-17-24(18-16-23)33(30,31)29(20-21-9-3-2-4-10-21)28-19-22-11-5-6-12-25(22)26-13-7-8-14-27(26)28/h2-19H,20H2,1H3. The Morgan fingerprint density at radius 2 is 1.30 bits per heavy atom. The number of methoxy groups -OCH3 is 1. The first-order valence-corrected chi connectivity index (χ1v) is 12.1. The van der Waals surface area contributed by atoms with Gasteiger partial charge in [-0.1, -0.05) is 78.9 Å². The molecule has 0 N–H and O–H groups in total. The van der Waals surface area contributed by atoms with Crippen molar-refractivity contribution in [2.24, 2.45) is 0 Å². The molecule has 5 aromatic rings. The monoisotopic (exact) mass is 453 g/mol. The lowest BCUT2D eigenvalue weighted by Gasteiger charge is -2.27. The second-order valence-corrected chi connectivity index (χ2v) is 9.70. The molecule has 0 fully saturated rings. The molecular weight excluding hydrogens is 430 g/mol. The molecule has 0 radical (unpaired) electrons. The van der Waals surface area contributed by atoms with Gasteiger partial charge in [0.05, 0.1) is 24.2 Å². The second-order valence-electron chi connectivity index (χ2n) is 7.84. The normalized spacial score (nSPS) is 11.5. The van der Waals surface area contributed by atoms with Crippen molar-refractivity contribution < 1.29 is 13.2 Å². The molecule has 0 aromatic heterocycles. The Hall–Kier alpha value is -3.83. The third-order valence-electron chi connectivity index (χ3n) is 5.83. The third kappa shape index (κ3) is 3.92. The first-order valence-electron chi connectivity index (χ1n) is 10.7. The highest BCUT2D eigenvalue weighted by Gasteiger charge is 2.27. The van der Waals surface area contributed by atoms with E-state index in [2.05, 4.69) is 6.07 Å². The predicted octanol–water partition coefficient (Wildman–Crippen LogP) is 6.40. The number of rotatable bonds is 6. The number of fused-ring (bicyclic) bond motifs is 3. The van der Waals surface area contributed by atoms with Crippen LogP contribution in [0.3, 0.4) is 0 Å². The van der Waals surface area contributed by atoms with E-state index in [4.69, 9.17) is 4.74 Å². The molecule has 5 rings (SSSR count). The van der Waals surface area contributed by atoms with Gasteiger partial charge in [-0.25, -0.2) is 8.42 Å². The van der Waals surface area contributed by atoms with Crippen LogP contribution in [0, 0.1) is 0 Å². The Morgan fingerprint density at radius 3 is 2.00 bits per heavy atom. The van der Waals surface area contributed by atoms with Gasteiger partial charge < -0.3 is 4.74 Å². The fourth-order valence-electron chi connectivity index (χ4n) is 4.16. The van der Waals surface area contributed by atoms with Crippen molar-refractivity contribution in [2.75, 3.05) is 11.4 Å². The Labute approximate surface area is 193 Å². The SMILES string of the molecule is COc1ccc(S(=O)(=O)N(Cc2ccccc2)c2cc3ccccc3c3ccccc23)cc1. The first-order chi connectivity index (χ1) is 16.1. The largest absolute Gasteiger partial charge is 0.497 e. The number of anilines is 1. The van der Waals surface area contributed by atoms with Gasteiger partial charge in [-0.05, 0) is 52.1 Å². The van der Waals surface area contributed by atoms with Crippen molar-refractivity contribution in [1.82, 2.24) is 0 Å². The number of sulfonamides is 1. The zero-order valence-corrected chi connectivity index (χ0v) is 19.0. The smallest absolute Gasteiger partial charge is 0.264 e. The molecule has 164 valence electrons. The summed E-state index contributed by atoms with van der Waals surface area (Å²) in [5, 5.41) is 4.00. The molecule has 0 heterocycles. The van der Waals surface area contributed by atoms with E-state index in [-0.39, 0.29) is 11.4 Å². The third-order valence-corrected chi connectivity index (χ3v) is 7.61. The van der Waals surface area contributed by atoms with Gasteiger partial charge in [0.2, 0.25) is 0 Å². The Bertz CT molecular complexity index is 1530. The molecule has 0 saturated heterocycles. The molecule has 0 amide bonds. The van der Waals surface area contributed by atoms with E-state index in [0.717, 1.165) is 27.1 Å². The average molecular weight is 454 g/mol. The van der Waals surface area contributed by atoms with E-state index in [9.17, 15) is 8.42 Å². The molecule has 0 aliphatic carbocycles. The molecule has 0 spiro atoms. The molecule has 0 atom stereocenters. The van der Waals surface area contributed by atoms with Crippen LogP contribution in [0.1, 0.15) is 5.56 Å². The van der Waals surface area contributed by atoms with Gasteiger partial charge in [0.15, 0.2) is 0 Å². The molecule has 0 aliphatic heterocycles. The summed E-state index contributed by atoms with van der Waals surface area (Å²) in [5.74, 6) is 0.611. The maximum Gasteiger partial charge on any atom is 0.264 e. The Kier molecular flexibility index (Phi) is 5.48. The molecule has 0 aliphatic rings. The van der Waals surface area contributed by atoms with E-state index >= 15 is 0 Å². The van der Waals surface area contributed by atoms with Crippen molar-refractivity contribution in [1.29, 1.82) is 0 Å². The van der Waals surface area contributed by atoms with E-state index in [1.54, 1.807) is 31.4 Å². The van der Waals surface area contributed by atoms with Crippen molar-refractivity contribution in [3.05, 3.63) is 115 Å². The van der Waals surface area contributed by atoms with Crippen LogP contribution in [0.15, 0.2) is 114 Å². The van der Waals surface area contributed by atoms with Crippen LogP contribution in [0.5, 0.6) is 5.75 Å². The summed E-state index contributed by atoms with van der Waals surface area (Å²) in [4.78, 5) is 0.219. The molecule has 0 saturated carbocycles. The maximum atomic E-state index is 14.0. The van der Waals surface area contributed by atoms with Crippen LogP contribution in [0.2, 0.25) is 0 Å². The fourth-order valence-corrected chi connectivity index (χ4v) is 5.63. The summed E-state index contributed by atoms with van der Waals surface area (Å²) in [6, 6.07) is 34.2. The van der Waals surface area contributed by atoms with Crippen LogP contribution in [0.4, 0.5) is 5.69 Å².